The number of hydrogen-bond donors (Lipinski definition) is 3. The first-order valence-corrected chi connectivity index (χ1v) is 9.64. The molecule has 1 aromatic rings. The first kappa shape index (κ1) is 18.2. The summed E-state index contributed by atoms with van der Waals surface area (Å²) >= 11 is 0. The number of nitrogens with zero attached hydrogens (tertiary/aromatic N) is 1. The fraction of sp³-hybridized carbons (Fsp3) is 0.650. The molecule has 2 amide bonds. The summed E-state index contributed by atoms with van der Waals surface area (Å²) in [6, 6.07) is 8.68. The highest BCUT2D eigenvalue weighted by atomic mass is 16.3. The number of rotatable bonds is 4. The number of likely N-dealkylation sites (tertiary alicyclic amines) is 1. The normalized spacial score (nSPS) is 25.5. The van der Waals surface area contributed by atoms with Crippen molar-refractivity contribution in [3.63, 3.8) is 0 Å². The number of piperidine rings is 1. The van der Waals surface area contributed by atoms with Crippen LogP contribution in [0.2, 0.25) is 0 Å². The molecule has 2 atom stereocenters. The molecule has 0 aromatic heterocycles. The van der Waals surface area contributed by atoms with E-state index in [4.69, 9.17) is 0 Å². The number of aliphatic hydroxyl groups excluding tert-OH is 1. The lowest BCUT2D eigenvalue weighted by Crippen LogP contribution is -2.53. The molecule has 3 N–H and O–H groups in total. The predicted octanol–water partition coefficient (Wildman–Crippen LogP) is 2.56. The van der Waals surface area contributed by atoms with Crippen LogP contribution >= 0.6 is 0 Å². The zero-order chi connectivity index (χ0) is 17.6. The molecular formula is C20H31N3O2. The molecule has 1 aliphatic carbocycles. The summed E-state index contributed by atoms with van der Waals surface area (Å²) in [5.74, 6) is 0. The Morgan fingerprint density at radius 1 is 1.12 bits per heavy atom. The van der Waals surface area contributed by atoms with Crippen LogP contribution in [0.15, 0.2) is 24.3 Å². The lowest BCUT2D eigenvalue weighted by Gasteiger charge is -2.41. The Labute approximate surface area is 150 Å². The van der Waals surface area contributed by atoms with Crippen molar-refractivity contribution in [1.29, 1.82) is 0 Å². The molecule has 0 spiro atoms. The molecule has 1 saturated heterocycles. The van der Waals surface area contributed by atoms with E-state index in [1.807, 2.05) is 12.1 Å². The maximum atomic E-state index is 12.1. The minimum absolute atomic E-state index is 0.0864. The highest BCUT2D eigenvalue weighted by Crippen LogP contribution is 2.25. The van der Waals surface area contributed by atoms with Gasteiger partial charge in [0.25, 0.3) is 0 Å². The molecule has 25 heavy (non-hydrogen) atoms. The van der Waals surface area contributed by atoms with Crippen molar-refractivity contribution < 1.29 is 9.90 Å². The fourth-order valence-electron chi connectivity index (χ4n) is 4.02. The molecule has 0 radical (unpaired) electrons. The third-order valence-corrected chi connectivity index (χ3v) is 5.60. The Bertz CT molecular complexity index is 553. The van der Waals surface area contributed by atoms with Crippen LogP contribution in [0, 0.1) is 6.92 Å². The van der Waals surface area contributed by atoms with Crippen molar-refractivity contribution in [2.45, 2.75) is 70.2 Å². The van der Waals surface area contributed by atoms with Crippen LogP contribution in [-0.4, -0.2) is 47.3 Å². The van der Waals surface area contributed by atoms with Gasteiger partial charge in [0.2, 0.25) is 0 Å². The maximum absolute atomic E-state index is 12.1. The topological polar surface area (TPSA) is 64.6 Å². The van der Waals surface area contributed by atoms with E-state index in [2.05, 4.69) is 34.6 Å². The fourth-order valence-corrected chi connectivity index (χ4v) is 4.02. The van der Waals surface area contributed by atoms with Crippen LogP contribution in [0.4, 0.5) is 4.79 Å². The van der Waals surface area contributed by atoms with Gasteiger partial charge in [0, 0.05) is 31.7 Å². The lowest BCUT2D eigenvalue weighted by atomic mass is 9.89. The van der Waals surface area contributed by atoms with E-state index in [1.165, 1.54) is 12.0 Å². The summed E-state index contributed by atoms with van der Waals surface area (Å²) in [6.45, 7) is 4.54. The maximum Gasteiger partial charge on any atom is 0.315 e. The molecule has 5 nitrogen and oxygen atoms in total. The van der Waals surface area contributed by atoms with Crippen LogP contribution in [0.1, 0.15) is 49.7 Å². The third-order valence-electron chi connectivity index (χ3n) is 5.60. The SMILES string of the molecule is Cc1ccc(CNC(=O)NC2CCN(C3CCCCC3O)CC2)cc1. The standard InChI is InChI=1S/C20H31N3O2/c1-15-6-8-16(9-7-15)14-21-20(25)22-17-10-12-23(13-11-17)18-4-2-3-5-19(18)24/h6-9,17-19,24H,2-5,10-14H2,1H3,(H2,21,22,25). The quantitative estimate of drug-likeness (QED) is 0.786. The summed E-state index contributed by atoms with van der Waals surface area (Å²) in [5.41, 5.74) is 2.34. The van der Waals surface area contributed by atoms with Gasteiger partial charge in [0.1, 0.15) is 0 Å². The van der Waals surface area contributed by atoms with Gasteiger partial charge in [-0.1, -0.05) is 42.7 Å². The van der Waals surface area contributed by atoms with E-state index < -0.39 is 0 Å². The molecule has 1 aromatic carbocycles. The van der Waals surface area contributed by atoms with E-state index in [0.29, 0.717) is 12.6 Å². The Balaban J connectivity index is 1.38. The Kier molecular flexibility index (Phi) is 6.32. The third kappa shape index (κ3) is 5.19. The van der Waals surface area contributed by atoms with Gasteiger partial charge in [0.05, 0.1) is 6.10 Å². The van der Waals surface area contributed by atoms with Crippen molar-refractivity contribution in [2.24, 2.45) is 0 Å². The number of urea groups is 1. The Morgan fingerprint density at radius 3 is 2.48 bits per heavy atom. The number of aryl methyl sites for hydroxylation is 1. The van der Waals surface area contributed by atoms with Gasteiger partial charge < -0.3 is 15.7 Å². The molecule has 1 aliphatic heterocycles. The van der Waals surface area contributed by atoms with Crippen LogP contribution in [0.3, 0.4) is 0 Å². The van der Waals surface area contributed by atoms with Gasteiger partial charge >= 0.3 is 6.03 Å². The van der Waals surface area contributed by atoms with Gasteiger partial charge in [-0.3, -0.25) is 4.90 Å². The summed E-state index contributed by atoms with van der Waals surface area (Å²) < 4.78 is 0. The van der Waals surface area contributed by atoms with Crippen molar-refractivity contribution in [1.82, 2.24) is 15.5 Å². The number of aliphatic hydroxyl groups is 1. The lowest BCUT2D eigenvalue weighted by molar-refractivity contribution is 0.00777. The van der Waals surface area contributed by atoms with Gasteiger partial charge in [-0.25, -0.2) is 4.79 Å². The molecule has 0 bridgehead atoms. The highest BCUT2D eigenvalue weighted by Gasteiger charge is 2.31. The van der Waals surface area contributed by atoms with Crippen molar-refractivity contribution in [3.8, 4) is 0 Å². The number of carbonyl (C=O) groups is 1. The number of benzene rings is 1. The molecule has 2 aliphatic rings. The van der Waals surface area contributed by atoms with Gasteiger partial charge in [-0.2, -0.15) is 0 Å². The minimum Gasteiger partial charge on any atom is -0.391 e. The van der Waals surface area contributed by atoms with Crippen LogP contribution in [-0.2, 0) is 6.54 Å². The zero-order valence-corrected chi connectivity index (χ0v) is 15.2. The number of carbonyl (C=O) groups excluding carboxylic acids is 1. The first-order chi connectivity index (χ1) is 12.1. The summed E-state index contributed by atoms with van der Waals surface area (Å²) in [5, 5.41) is 16.2. The van der Waals surface area contributed by atoms with Crippen molar-refractivity contribution in [2.75, 3.05) is 13.1 Å². The second-order valence-electron chi connectivity index (χ2n) is 7.54. The monoisotopic (exact) mass is 345 g/mol. The molecule has 5 heteroatoms. The minimum atomic E-state index is -0.170. The summed E-state index contributed by atoms with van der Waals surface area (Å²) in [6.07, 6.45) is 6.16. The number of hydrogen-bond acceptors (Lipinski definition) is 3. The zero-order valence-electron chi connectivity index (χ0n) is 15.2. The Morgan fingerprint density at radius 2 is 1.80 bits per heavy atom. The second kappa shape index (κ2) is 8.68. The molecule has 3 rings (SSSR count). The molecule has 1 saturated carbocycles. The predicted molar refractivity (Wildman–Crippen MR) is 99.4 cm³/mol. The highest BCUT2D eigenvalue weighted by molar-refractivity contribution is 5.74. The van der Waals surface area contributed by atoms with Crippen molar-refractivity contribution >= 4 is 6.03 Å². The van der Waals surface area contributed by atoms with E-state index in [0.717, 1.165) is 50.8 Å². The first-order valence-electron chi connectivity index (χ1n) is 9.64. The second-order valence-corrected chi connectivity index (χ2v) is 7.54. The molecule has 1 heterocycles. The summed E-state index contributed by atoms with van der Waals surface area (Å²) in [4.78, 5) is 14.5. The molecule has 2 fully saturated rings. The van der Waals surface area contributed by atoms with E-state index in [1.54, 1.807) is 0 Å². The van der Waals surface area contributed by atoms with E-state index in [-0.39, 0.29) is 18.2 Å². The average Bonchev–Trinajstić information content (AvgIpc) is 2.62. The number of nitrogens with one attached hydrogen (secondary N) is 2. The van der Waals surface area contributed by atoms with E-state index >= 15 is 0 Å². The summed E-state index contributed by atoms with van der Waals surface area (Å²) in [7, 11) is 0. The molecular weight excluding hydrogens is 314 g/mol. The van der Waals surface area contributed by atoms with Crippen LogP contribution in [0.25, 0.3) is 0 Å². The smallest absolute Gasteiger partial charge is 0.315 e. The van der Waals surface area contributed by atoms with Crippen LogP contribution < -0.4 is 10.6 Å². The van der Waals surface area contributed by atoms with Gasteiger partial charge in [-0.15, -0.1) is 0 Å². The van der Waals surface area contributed by atoms with Gasteiger partial charge in [0.15, 0.2) is 0 Å². The largest absolute Gasteiger partial charge is 0.391 e. The van der Waals surface area contributed by atoms with Crippen LogP contribution in [0.5, 0.6) is 0 Å². The van der Waals surface area contributed by atoms with Crippen molar-refractivity contribution in [3.05, 3.63) is 35.4 Å². The average molecular weight is 345 g/mol. The van der Waals surface area contributed by atoms with Gasteiger partial charge in [-0.05, 0) is 38.2 Å². The molecule has 2 unspecified atom stereocenters. The Hall–Kier alpha value is -1.59. The van der Waals surface area contributed by atoms with E-state index in [9.17, 15) is 9.90 Å². The number of amides is 2. The molecule has 138 valence electrons.